The lowest BCUT2D eigenvalue weighted by Gasteiger charge is -2.22. The number of aromatic nitrogens is 2. The van der Waals surface area contributed by atoms with Crippen LogP contribution in [0.3, 0.4) is 0 Å². The first-order valence-corrected chi connectivity index (χ1v) is 14.7. The quantitative estimate of drug-likeness (QED) is 0.186. The van der Waals surface area contributed by atoms with Crippen LogP contribution in [0.5, 0.6) is 0 Å². The Morgan fingerprint density at radius 2 is 1.52 bits per heavy atom. The van der Waals surface area contributed by atoms with Gasteiger partial charge < -0.3 is 19.9 Å². The molecule has 1 heterocycles. The largest absolute Gasteiger partial charge is 0.460 e. The Hall–Kier alpha value is -5.31. The summed E-state index contributed by atoms with van der Waals surface area (Å²) in [5.74, 6) is -1.69. The molecule has 0 spiro atoms. The maximum atomic E-state index is 14.0. The molecule has 2 unspecified atom stereocenters. The van der Waals surface area contributed by atoms with Crippen molar-refractivity contribution in [3.8, 4) is 0 Å². The van der Waals surface area contributed by atoms with Crippen molar-refractivity contribution in [2.75, 3.05) is 6.61 Å². The standard InChI is InChI=1S/C35H34N4O5/c1-3-23-13-10-16-28(19-23)32(40)36-29(22-25-17-18-26-14-8-9-15-27(26)20-25)33(41)37-30(21-24-11-6-5-7-12-24)34-38-31(39-44-34)35(42)43-4-2/h5-20,29-30H,3-4,21-22H2,1-2H3,(H,36,40)(H,37,41). The lowest BCUT2D eigenvalue weighted by Crippen LogP contribution is -2.49. The number of ether oxygens (including phenoxy) is 1. The Bertz CT molecular complexity index is 1750. The molecule has 44 heavy (non-hydrogen) atoms. The maximum absolute atomic E-state index is 14.0. The van der Waals surface area contributed by atoms with Crippen molar-refractivity contribution >= 4 is 28.6 Å². The van der Waals surface area contributed by atoms with E-state index in [1.165, 1.54) is 0 Å². The summed E-state index contributed by atoms with van der Waals surface area (Å²) in [7, 11) is 0. The van der Waals surface area contributed by atoms with Crippen molar-refractivity contribution in [1.82, 2.24) is 20.8 Å². The minimum Gasteiger partial charge on any atom is -0.460 e. The molecule has 0 bridgehead atoms. The van der Waals surface area contributed by atoms with Crippen molar-refractivity contribution in [2.45, 2.75) is 45.2 Å². The summed E-state index contributed by atoms with van der Waals surface area (Å²) in [4.78, 5) is 43.9. The number of carbonyl (C=O) groups is 3. The number of fused-ring (bicyclic) bond motifs is 1. The number of carbonyl (C=O) groups excluding carboxylic acids is 3. The number of nitrogens with zero attached hydrogens (tertiary/aromatic N) is 2. The molecule has 2 atom stereocenters. The van der Waals surface area contributed by atoms with Gasteiger partial charge in [0.25, 0.3) is 11.7 Å². The van der Waals surface area contributed by atoms with Crippen LogP contribution in [0.2, 0.25) is 0 Å². The number of hydrogen-bond donors (Lipinski definition) is 2. The average molecular weight is 591 g/mol. The molecule has 224 valence electrons. The van der Waals surface area contributed by atoms with Gasteiger partial charge >= 0.3 is 5.97 Å². The first-order chi connectivity index (χ1) is 21.4. The summed E-state index contributed by atoms with van der Waals surface area (Å²) in [6.45, 7) is 3.86. The second kappa shape index (κ2) is 14.2. The van der Waals surface area contributed by atoms with Crippen molar-refractivity contribution in [1.29, 1.82) is 0 Å². The van der Waals surface area contributed by atoms with Gasteiger partial charge in [-0.05, 0) is 58.1 Å². The zero-order chi connectivity index (χ0) is 30.9. The molecule has 0 aliphatic heterocycles. The molecule has 0 saturated carbocycles. The van der Waals surface area contributed by atoms with Crippen molar-refractivity contribution in [3.05, 3.63) is 131 Å². The van der Waals surface area contributed by atoms with E-state index in [1.54, 1.807) is 13.0 Å². The molecule has 1 aromatic heterocycles. The predicted octanol–water partition coefficient (Wildman–Crippen LogP) is 5.40. The van der Waals surface area contributed by atoms with E-state index in [1.807, 2.05) is 97.9 Å². The third kappa shape index (κ3) is 7.55. The Morgan fingerprint density at radius 3 is 2.30 bits per heavy atom. The Balaban J connectivity index is 1.44. The Labute approximate surface area is 255 Å². The molecule has 0 aliphatic rings. The molecule has 9 nitrogen and oxygen atoms in total. The molecule has 9 heteroatoms. The van der Waals surface area contributed by atoms with Crippen molar-refractivity contribution in [2.24, 2.45) is 0 Å². The fraction of sp³-hybridized carbons (Fsp3) is 0.229. The molecule has 0 saturated heterocycles. The zero-order valence-electron chi connectivity index (χ0n) is 24.7. The summed E-state index contributed by atoms with van der Waals surface area (Å²) in [6, 6.07) is 29.1. The van der Waals surface area contributed by atoms with E-state index in [0.29, 0.717) is 12.0 Å². The van der Waals surface area contributed by atoms with Gasteiger partial charge in [-0.2, -0.15) is 4.98 Å². The van der Waals surface area contributed by atoms with Crippen LogP contribution in [0.15, 0.2) is 102 Å². The first-order valence-electron chi connectivity index (χ1n) is 14.7. The first kappa shape index (κ1) is 30.2. The zero-order valence-corrected chi connectivity index (χ0v) is 24.7. The molecule has 4 aromatic carbocycles. The van der Waals surface area contributed by atoms with Crippen molar-refractivity contribution in [3.63, 3.8) is 0 Å². The van der Waals surface area contributed by atoms with Gasteiger partial charge in [-0.15, -0.1) is 0 Å². The van der Waals surface area contributed by atoms with Gasteiger partial charge in [-0.25, -0.2) is 4.79 Å². The minimum absolute atomic E-state index is 0.0525. The predicted molar refractivity (Wildman–Crippen MR) is 166 cm³/mol. The summed E-state index contributed by atoms with van der Waals surface area (Å²) < 4.78 is 10.4. The summed E-state index contributed by atoms with van der Waals surface area (Å²) in [5.41, 5.74) is 3.27. The third-order valence-electron chi connectivity index (χ3n) is 7.27. The topological polar surface area (TPSA) is 123 Å². The highest BCUT2D eigenvalue weighted by Gasteiger charge is 2.29. The Morgan fingerprint density at radius 1 is 0.773 bits per heavy atom. The average Bonchev–Trinajstić information content (AvgIpc) is 3.55. The van der Waals surface area contributed by atoms with Gasteiger partial charge in [0.15, 0.2) is 0 Å². The SMILES string of the molecule is CCOC(=O)c1noc(C(Cc2ccccc2)NC(=O)C(Cc2ccc3ccccc3c2)NC(=O)c2cccc(CC)c2)n1. The molecular weight excluding hydrogens is 556 g/mol. The summed E-state index contributed by atoms with van der Waals surface area (Å²) in [6.07, 6.45) is 1.33. The second-order valence-electron chi connectivity index (χ2n) is 10.4. The number of esters is 1. The van der Waals surface area contributed by atoms with Gasteiger partial charge in [-0.1, -0.05) is 91.9 Å². The van der Waals surface area contributed by atoms with E-state index >= 15 is 0 Å². The highest BCUT2D eigenvalue weighted by molar-refractivity contribution is 5.98. The normalized spacial score (nSPS) is 12.3. The van der Waals surface area contributed by atoms with Crippen LogP contribution >= 0.6 is 0 Å². The van der Waals surface area contributed by atoms with Crippen LogP contribution in [0.1, 0.15) is 63.4 Å². The van der Waals surface area contributed by atoms with E-state index < -0.39 is 24.0 Å². The smallest absolute Gasteiger partial charge is 0.379 e. The molecule has 2 amide bonds. The van der Waals surface area contributed by atoms with E-state index in [2.05, 4.69) is 20.8 Å². The van der Waals surface area contributed by atoms with Crippen LogP contribution in [-0.4, -0.2) is 40.6 Å². The lowest BCUT2D eigenvalue weighted by molar-refractivity contribution is -0.123. The minimum atomic E-state index is -0.931. The van der Waals surface area contributed by atoms with Crippen LogP contribution in [0, 0.1) is 0 Å². The number of nitrogens with one attached hydrogen (secondary N) is 2. The van der Waals surface area contributed by atoms with Gasteiger partial charge in [0.05, 0.1) is 6.61 Å². The van der Waals surface area contributed by atoms with Crippen LogP contribution in [0.25, 0.3) is 10.8 Å². The summed E-state index contributed by atoms with van der Waals surface area (Å²) in [5, 5.41) is 11.8. The molecule has 5 rings (SSSR count). The van der Waals surface area contributed by atoms with Crippen molar-refractivity contribution < 1.29 is 23.6 Å². The van der Waals surface area contributed by atoms with Gasteiger partial charge in [0.1, 0.15) is 12.1 Å². The highest BCUT2D eigenvalue weighted by Crippen LogP contribution is 2.20. The molecule has 0 aliphatic carbocycles. The van der Waals surface area contributed by atoms with Gasteiger partial charge in [0, 0.05) is 18.4 Å². The lowest BCUT2D eigenvalue weighted by atomic mass is 9.99. The molecule has 0 fully saturated rings. The number of hydrogen-bond acceptors (Lipinski definition) is 7. The number of rotatable bonds is 12. The maximum Gasteiger partial charge on any atom is 0.379 e. The van der Waals surface area contributed by atoms with Gasteiger partial charge in [-0.3, -0.25) is 9.59 Å². The number of benzene rings is 4. The van der Waals surface area contributed by atoms with Gasteiger partial charge in [0.2, 0.25) is 11.8 Å². The molecule has 5 aromatic rings. The van der Waals surface area contributed by atoms with Crippen LogP contribution in [-0.2, 0) is 28.8 Å². The van der Waals surface area contributed by atoms with E-state index in [4.69, 9.17) is 9.26 Å². The molecule has 0 radical (unpaired) electrons. The molecule has 2 N–H and O–H groups in total. The fourth-order valence-electron chi connectivity index (χ4n) is 4.96. The second-order valence-corrected chi connectivity index (χ2v) is 10.4. The van der Waals surface area contributed by atoms with E-state index in [0.717, 1.165) is 33.9 Å². The number of aryl methyl sites for hydroxylation is 1. The summed E-state index contributed by atoms with van der Waals surface area (Å²) >= 11 is 0. The van der Waals surface area contributed by atoms with Crippen LogP contribution < -0.4 is 10.6 Å². The van der Waals surface area contributed by atoms with E-state index in [9.17, 15) is 14.4 Å². The molecular formula is C35H34N4O5. The monoisotopic (exact) mass is 590 g/mol. The van der Waals surface area contributed by atoms with Crippen LogP contribution in [0.4, 0.5) is 0 Å². The van der Waals surface area contributed by atoms with E-state index in [-0.39, 0.29) is 30.7 Å². The third-order valence-corrected chi connectivity index (χ3v) is 7.27. The fourth-order valence-corrected chi connectivity index (χ4v) is 4.96. The number of amides is 2. The highest BCUT2D eigenvalue weighted by atomic mass is 16.5. The Kier molecular flexibility index (Phi) is 9.76.